The van der Waals surface area contributed by atoms with Crippen molar-refractivity contribution in [2.45, 2.75) is 6.92 Å². The van der Waals surface area contributed by atoms with Gasteiger partial charge in [0.05, 0.1) is 12.2 Å². The van der Waals surface area contributed by atoms with Gasteiger partial charge in [0.25, 0.3) is 0 Å². The van der Waals surface area contributed by atoms with Gasteiger partial charge in [-0.05, 0) is 24.0 Å². The summed E-state index contributed by atoms with van der Waals surface area (Å²) in [6.07, 6.45) is 0. The van der Waals surface area contributed by atoms with Crippen molar-refractivity contribution in [3.8, 4) is 5.75 Å². The first-order chi connectivity index (χ1) is 6.69. The minimum absolute atomic E-state index is 0.492. The van der Waals surface area contributed by atoms with Crippen molar-refractivity contribution >= 4 is 28.4 Å². The number of halogens is 1. The molecule has 1 aromatic rings. The van der Waals surface area contributed by atoms with Crippen LogP contribution in [0.2, 0.25) is 5.02 Å². The van der Waals surface area contributed by atoms with Gasteiger partial charge >= 0.3 is 0 Å². The van der Waals surface area contributed by atoms with Crippen LogP contribution in [-0.2, 0) is 0 Å². The second-order valence-electron chi connectivity index (χ2n) is 2.61. The number of nitrogens with one attached hydrogen (secondary N) is 1. The molecule has 4 heteroatoms. The molecule has 1 rings (SSSR count). The van der Waals surface area contributed by atoms with Crippen LogP contribution < -0.4 is 4.74 Å². The molecule has 0 amide bonds. The van der Waals surface area contributed by atoms with Gasteiger partial charge in [-0.3, -0.25) is 5.41 Å². The van der Waals surface area contributed by atoms with E-state index in [1.54, 1.807) is 25.3 Å². The largest absolute Gasteiger partial charge is 0.496 e. The Kier molecular flexibility index (Phi) is 4.29. The average molecular weight is 230 g/mol. The SMILES string of the molecule is CCSC(=N)c1cc(Cl)ccc1OC. The fourth-order valence-corrected chi connectivity index (χ4v) is 1.86. The van der Waals surface area contributed by atoms with Crippen LogP contribution in [0.4, 0.5) is 0 Å². The van der Waals surface area contributed by atoms with Gasteiger partial charge in [0.15, 0.2) is 0 Å². The van der Waals surface area contributed by atoms with Gasteiger partial charge in [0, 0.05) is 10.6 Å². The van der Waals surface area contributed by atoms with Crippen LogP contribution in [0.3, 0.4) is 0 Å². The number of thioether (sulfide) groups is 1. The highest BCUT2D eigenvalue weighted by Crippen LogP contribution is 2.26. The monoisotopic (exact) mass is 229 g/mol. The standard InChI is InChI=1S/C10H12ClNOS/c1-3-14-10(12)8-6-7(11)4-5-9(8)13-2/h4-6,12H,3H2,1-2H3. The highest BCUT2D eigenvalue weighted by atomic mass is 35.5. The van der Waals surface area contributed by atoms with Crippen molar-refractivity contribution in [2.24, 2.45) is 0 Å². The van der Waals surface area contributed by atoms with Crippen LogP contribution in [0.1, 0.15) is 12.5 Å². The first-order valence-corrected chi connectivity index (χ1v) is 5.60. The Labute approximate surface area is 93.1 Å². The van der Waals surface area contributed by atoms with Crippen molar-refractivity contribution in [1.82, 2.24) is 0 Å². The highest BCUT2D eigenvalue weighted by molar-refractivity contribution is 8.14. The van der Waals surface area contributed by atoms with Crippen LogP contribution in [-0.4, -0.2) is 17.9 Å². The number of ether oxygens (including phenoxy) is 1. The molecule has 0 aliphatic heterocycles. The molecule has 0 aliphatic carbocycles. The summed E-state index contributed by atoms with van der Waals surface area (Å²) < 4.78 is 5.15. The van der Waals surface area contributed by atoms with E-state index >= 15 is 0 Å². The first kappa shape index (κ1) is 11.4. The predicted molar refractivity (Wildman–Crippen MR) is 63.0 cm³/mol. The van der Waals surface area contributed by atoms with Crippen LogP contribution in [0.15, 0.2) is 18.2 Å². The maximum atomic E-state index is 7.79. The summed E-state index contributed by atoms with van der Waals surface area (Å²) in [5, 5.41) is 8.91. The third kappa shape index (κ3) is 2.66. The second-order valence-corrected chi connectivity index (χ2v) is 4.32. The minimum atomic E-state index is 0.492. The molecule has 14 heavy (non-hydrogen) atoms. The summed E-state index contributed by atoms with van der Waals surface area (Å²) in [5.41, 5.74) is 0.756. The zero-order valence-electron chi connectivity index (χ0n) is 8.13. The number of hydrogen-bond acceptors (Lipinski definition) is 3. The maximum absolute atomic E-state index is 7.79. The fraction of sp³-hybridized carbons (Fsp3) is 0.300. The maximum Gasteiger partial charge on any atom is 0.128 e. The molecule has 2 nitrogen and oxygen atoms in total. The van der Waals surface area contributed by atoms with Gasteiger partial charge < -0.3 is 4.74 Å². The highest BCUT2D eigenvalue weighted by Gasteiger charge is 2.08. The Bertz CT molecular complexity index is 341. The molecule has 0 spiro atoms. The molecular weight excluding hydrogens is 218 g/mol. The van der Waals surface area contributed by atoms with Crippen molar-refractivity contribution in [2.75, 3.05) is 12.9 Å². The second kappa shape index (κ2) is 5.27. The molecule has 0 heterocycles. The third-order valence-electron chi connectivity index (χ3n) is 1.69. The van der Waals surface area contributed by atoms with E-state index in [-0.39, 0.29) is 0 Å². The smallest absolute Gasteiger partial charge is 0.128 e. The lowest BCUT2D eigenvalue weighted by atomic mass is 10.2. The minimum Gasteiger partial charge on any atom is -0.496 e. The average Bonchev–Trinajstić information content (AvgIpc) is 2.18. The summed E-state index contributed by atoms with van der Waals surface area (Å²) in [6, 6.07) is 5.29. The van der Waals surface area contributed by atoms with Crippen molar-refractivity contribution in [3.05, 3.63) is 28.8 Å². The first-order valence-electron chi connectivity index (χ1n) is 4.24. The Hall–Kier alpha value is -0.670. The Morgan fingerprint density at radius 3 is 2.86 bits per heavy atom. The molecule has 0 saturated heterocycles. The third-order valence-corrected chi connectivity index (χ3v) is 2.73. The van der Waals surface area contributed by atoms with E-state index in [1.165, 1.54) is 11.8 Å². The molecule has 0 bridgehead atoms. The number of rotatable bonds is 3. The molecule has 0 aromatic heterocycles. The fourth-order valence-electron chi connectivity index (χ4n) is 1.08. The van der Waals surface area contributed by atoms with E-state index in [9.17, 15) is 0 Å². The van der Waals surface area contributed by atoms with Crippen LogP contribution in [0, 0.1) is 5.41 Å². The number of hydrogen-bond donors (Lipinski definition) is 1. The Morgan fingerprint density at radius 1 is 1.57 bits per heavy atom. The normalized spacial score (nSPS) is 9.93. The number of methoxy groups -OCH3 is 1. The lowest BCUT2D eigenvalue weighted by Gasteiger charge is -2.08. The van der Waals surface area contributed by atoms with Crippen molar-refractivity contribution in [3.63, 3.8) is 0 Å². The van der Waals surface area contributed by atoms with E-state index in [2.05, 4.69) is 0 Å². The van der Waals surface area contributed by atoms with Crippen LogP contribution in [0.25, 0.3) is 0 Å². The van der Waals surface area contributed by atoms with Gasteiger partial charge in [0.1, 0.15) is 5.75 Å². The summed E-state index contributed by atoms with van der Waals surface area (Å²) in [5.74, 6) is 1.56. The van der Waals surface area contributed by atoms with Crippen molar-refractivity contribution in [1.29, 1.82) is 5.41 Å². The van der Waals surface area contributed by atoms with E-state index in [0.29, 0.717) is 15.8 Å². The van der Waals surface area contributed by atoms with E-state index in [1.807, 2.05) is 6.92 Å². The molecule has 0 aliphatic rings. The van der Waals surface area contributed by atoms with Gasteiger partial charge in [-0.25, -0.2) is 0 Å². The molecule has 0 fully saturated rings. The summed E-state index contributed by atoms with van der Waals surface area (Å²) in [6.45, 7) is 2.01. The molecule has 0 saturated carbocycles. The topological polar surface area (TPSA) is 33.1 Å². The predicted octanol–water partition coefficient (Wildman–Crippen LogP) is 3.43. The van der Waals surface area contributed by atoms with Crippen LogP contribution in [0.5, 0.6) is 5.75 Å². The molecule has 76 valence electrons. The van der Waals surface area contributed by atoms with Crippen molar-refractivity contribution < 1.29 is 4.74 Å². The van der Waals surface area contributed by atoms with E-state index in [0.717, 1.165) is 11.3 Å². The summed E-state index contributed by atoms with van der Waals surface area (Å²) in [4.78, 5) is 0. The molecule has 0 atom stereocenters. The van der Waals surface area contributed by atoms with Gasteiger partial charge in [-0.15, -0.1) is 11.8 Å². The van der Waals surface area contributed by atoms with Gasteiger partial charge in [-0.1, -0.05) is 18.5 Å². The summed E-state index contributed by atoms with van der Waals surface area (Å²) >= 11 is 7.32. The molecule has 0 radical (unpaired) electrons. The van der Waals surface area contributed by atoms with Gasteiger partial charge in [0.2, 0.25) is 0 Å². The lowest BCUT2D eigenvalue weighted by molar-refractivity contribution is 0.414. The van der Waals surface area contributed by atoms with Gasteiger partial charge in [-0.2, -0.15) is 0 Å². The Balaban J connectivity index is 3.03. The molecule has 0 unspecified atom stereocenters. The zero-order valence-corrected chi connectivity index (χ0v) is 9.71. The zero-order chi connectivity index (χ0) is 10.6. The quantitative estimate of drug-likeness (QED) is 0.636. The molecular formula is C10H12ClNOS. The summed E-state index contributed by atoms with van der Waals surface area (Å²) in [7, 11) is 1.59. The molecule has 1 N–H and O–H groups in total. The molecule has 1 aromatic carbocycles. The van der Waals surface area contributed by atoms with E-state index < -0.39 is 0 Å². The van der Waals surface area contributed by atoms with E-state index in [4.69, 9.17) is 21.7 Å². The number of benzene rings is 1. The Morgan fingerprint density at radius 2 is 2.29 bits per heavy atom. The lowest BCUT2D eigenvalue weighted by Crippen LogP contribution is -1.98. The van der Waals surface area contributed by atoms with Crippen LogP contribution >= 0.6 is 23.4 Å².